The van der Waals surface area contributed by atoms with E-state index in [4.69, 9.17) is 26.1 Å². The Hall–Kier alpha value is -3.51. The molecule has 0 spiro atoms. The van der Waals surface area contributed by atoms with Gasteiger partial charge in [-0.25, -0.2) is 4.99 Å². The van der Waals surface area contributed by atoms with Crippen LogP contribution in [0.5, 0.6) is 17.2 Å². The third-order valence-corrected chi connectivity index (χ3v) is 6.27. The lowest BCUT2D eigenvalue weighted by molar-refractivity contribution is 0.0581. The van der Waals surface area contributed by atoms with E-state index in [9.17, 15) is 4.79 Å². The van der Waals surface area contributed by atoms with E-state index >= 15 is 0 Å². The number of aliphatic imine (C=N–C) groups is 1. The number of rotatable bonds is 2. The Balaban J connectivity index is 1.45. The number of ether oxygens (including phenoxy) is 2. The summed E-state index contributed by atoms with van der Waals surface area (Å²) in [6.45, 7) is 3.98. The summed E-state index contributed by atoms with van der Waals surface area (Å²) in [6.07, 6.45) is 0. The first kappa shape index (κ1) is 21.3. The van der Waals surface area contributed by atoms with Crippen molar-refractivity contribution in [3.63, 3.8) is 0 Å². The van der Waals surface area contributed by atoms with Crippen LogP contribution in [-0.2, 0) is 0 Å². The van der Waals surface area contributed by atoms with Crippen LogP contribution in [0.4, 0.5) is 5.69 Å². The molecule has 0 radical (unpaired) electrons. The number of amidine groups is 1. The van der Waals surface area contributed by atoms with E-state index < -0.39 is 0 Å². The number of methoxy groups -OCH3 is 1. The fourth-order valence-corrected chi connectivity index (χ4v) is 4.40. The van der Waals surface area contributed by atoms with E-state index in [1.807, 2.05) is 47.4 Å². The number of hydrogen-bond acceptors (Lipinski definition) is 5. The Morgan fingerprint density at radius 3 is 2.61 bits per heavy atom. The van der Waals surface area contributed by atoms with Gasteiger partial charge < -0.3 is 19.3 Å². The van der Waals surface area contributed by atoms with Crippen molar-refractivity contribution in [1.82, 2.24) is 9.80 Å². The van der Waals surface area contributed by atoms with E-state index in [2.05, 4.69) is 11.8 Å². The molecule has 1 saturated heterocycles. The lowest BCUT2D eigenvalue weighted by Crippen LogP contribution is -2.55. The van der Waals surface area contributed by atoms with Crippen LogP contribution in [0.3, 0.4) is 0 Å². The molecule has 2 aliphatic heterocycles. The number of hydrogen-bond donors (Lipinski definition) is 0. The third kappa shape index (κ3) is 4.14. The number of fused-ring (bicyclic) bond motifs is 2. The normalized spacial score (nSPS) is 17.3. The summed E-state index contributed by atoms with van der Waals surface area (Å²) >= 11 is 5.98. The molecule has 0 aliphatic carbocycles. The topological polar surface area (TPSA) is 54.4 Å². The first-order valence-corrected chi connectivity index (χ1v) is 11.3. The second-order valence-corrected chi connectivity index (χ2v) is 8.60. The van der Waals surface area contributed by atoms with Crippen molar-refractivity contribution in [1.29, 1.82) is 0 Å². The van der Waals surface area contributed by atoms with E-state index in [-0.39, 0.29) is 11.9 Å². The Morgan fingerprint density at radius 1 is 1.06 bits per heavy atom. The van der Waals surface area contributed by atoms with E-state index in [1.54, 1.807) is 31.4 Å². The zero-order chi connectivity index (χ0) is 22.9. The molecule has 1 atom stereocenters. The monoisotopic (exact) mass is 461 g/mol. The fourth-order valence-electron chi connectivity index (χ4n) is 4.28. The van der Waals surface area contributed by atoms with Crippen LogP contribution in [0, 0.1) is 0 Å². The van der Waals surface area contributed by atoms with Crippen molar-refractivity contribution in [2.24, 2.45) is 4.99 Å². The lowest BCUT2D eigenvalue weighted by atomic mass is 10.1. The average molecular weight is 462 g/mol. The number of carbonyl (C=O) groups excluding carboxylic acids is 1. The number of piperazine rings is 1. The fraction of sp³-hybridized carbons (Fsp3) is 0.231. The molecule has 7 heteroatoms. The Morgan fingerprint density at radius 2 is 1.85 bits per heavy atom. The smallest absolute Gasteiger partial charge is 0.254 e. The molecule has 3 aromatic carbocycles. The number of halogens is 1. The molecule has 168 valence electrons. The minimum Gasteiger partial charge on any atom is -0.497 e. The molecule has 0 unspecified atom stereocenters. The summed E-state index contributed by atoms with van der Waals surface area (Å²) in [7, 11) is 1.64. The highest BCUT2D eigenvalue weighted by atomic mass is 35.5. The van der Waals surface area contributed by atoms with E-state index in [0.29, 0.717) is 41.7 Å². The zero-order valence-corrected chi connectivity index (χ0v) is 19.2. The SMILES string of the molecule is COc1ccc2c(c1)Oc1ccccc1N=C2N1CCN(C(=O)c2ccc(Cl)cc2)[C@@H](C)C1. The molecular formula is C26H24ClN3O3. The first-order chi connectivity index (χ1) is 16.0. The molecular weight excluding hydrogens is 438 g/mol. The zero-order valence-electron chi connectivity index (χ0n) is 18.5. The van der Waals surface area contributed by atoms with Gasteiger partial charge in [0, 0.05) is 42.3 Å². The third-order valence-electron chi connectivity index (χ3n) is 6.02. The minimum atomic E-state index is 0.00532. The van der Waals surface area contributed by atoms with E-state index in [1.165, 1.54) is 0 Å². The van der Waals surface area contributed by atoms with Gasteiger partial charge in [-0.3, -0.25) is 4.79 Å². The standard InChI is InChI=1S/C26H24ClN3O3/c1-17-16-29(13-14-30(17)26(31)18-7-9-19(27)10-8-18)25-21-12-11-20(32-2)15-24(21)33-23-6-4-3-5-22(23)28-25/h3-12,15,17H,13-14,16H2,1-2H3/t17-/m0/s1. The molecule has 1 fully saturated rings. The number of amides is 1. The molecule has 5 rings (SSSR count). The summed E-state index contributed by atoms with van der Waals surface area (Å²) in [6, 6.07) is 20.6. The number of para-hydroxylation sites is 2. The number of nitrogens with zero attached hydrogens (tertiary/aromatic N) is 3. The minimum absolute atomic E-state index is 0.00532. The second kappa shape index (κ2) is 8.79. The van der Waals surface area contributed by atoms with Crippen molar-refractivity contribution in [2.45, 2.75) is 13.0 Å². The van der Waals surface area contributed by atoms with Gasteiger partial charge >= 0.3 is 0 Å². The van der Waals surface area contributed by atoms with Crippen LogP contribution in [0.1, 0.15) is 22.8 Å². The van der Waals surface area contributed by atoms with Crippen LogP contribution in [0.25, 0.3) is 0 Å². The lowest BCUT2D eigenvalue weighted by Gasteiger charge is -2.41. The van der Waals surface area contributed by atoms with Crippen molar-refractivity contribution in [2.75, 3.05) is 26.7 Å². The predicted molar refractivity (Wildman–Crippen MR) is 129 cm³/mol. The summed E-state index contributed by atoms with van der Waals surface area (Å²) in [4.78, 5) is 22.2. The van der Waals surface area contributed by atoms with Gasteiger partial charge in [-0.2, -0.15) is 0 Å². The summed E-state index contributed by atoms with van der Waals surface area (Å²) in [5, 5.41) is 0.619. The molecule has 0 aromatic heterocycles. The average Bonchev–Trinajstić information content (AvgIpc) is 3.00. The Kier molecular flexibility index (Phi) is 5.68. The quantitative estimate of drug-likeness (QED) is 0.514. The molecule has 33 heavy (non-hydrogen) atoms. The highest BCUT2D eigenvalue weighted by molar-refractivity contribution is 6.30. The first-order valence-electron chi connectivity index (χ1n) is 10.9. The van der Waals surface area contributed by atoms with Crippen molar-refractivity contribution in [3.05, 3.63) is 82.9 Å². The maximum absolute atomic E-state index is 13.1. The van der Waals surface area contributed by atoms with Gasteiger partial charge in [0.25, 0.3) is 5.91 Å². The molecule has 6 nitrogen and oxygen atoms in total. The highest BCUT2D eigenvalue weighted by Gasteiger charge is 2.32. The second-order valence-electron chi connectivity index (χ2n) is 8.17. The van der Waals surface area contributed by atoms with Gasteiger partial charge in [0.05, 0.1) is 12.7 Å². The molecule has 0 N–H and O–H groups in total. The molecule has 1 amide bonds. The maximum atomic E-state index is 13.1. The molecule has 2 heterocycles. The van der Waals surface area contributed by atoms with Gasteiger partial charge in [0.1, 0.15) is 23.0 Å². The van der Waals surface area contributed by atoms with Crippen molar-refractivity contribution in [3.8, 4) is 17.2 Å². The molecule has 3 aromatic rings. The van der Waals surface area contributed by atoms with Crippen LogP contribution in [0.15, 0.2) is 71.7 Å². The highest BCUT2D eigenvalue weighted by Crippen LogP contribution is 2.39. The van der Waals surface area contributed by atoms with Crippen LogP contribution < -0.4 is 9.47 Å². The predicted octanol–water partition coefficient (Wildman–Crippen LogP) is 5.38. The van der Waals surface area contributed by atoms with Crippen molar-refractivity contribution >= 4 is 29.0 Å². The molecule has 0 saturated carbocycles. The van der Waals surface area contributed by atoms with Crippen LogP contribution >= 0.6 is 11.6 Å². The van der Waals surface area contributed by atoms with Gasteiger partial charge in [-0.15, -0.1) is 0 Å². The number of carbonyl (C=O) groups is 1. The van der Waals surface area contributed by atoms with Gasteiger partial charge in [-0.05, 0) is 55.5 Å². The summed E-state index contributed by atoms with van der Waals surface area (Å²) in [5.74, 6) is 2.97. The summed E-state index contributed by atoms with van der Waals surface area (Å²) in [5.41, 5.74) is 2.32. The maximum Gasteiger partial charge on any atom is 0.254 e. The molecule has 2 aliphatic rings. The van der Waals surface area contributed by atoms with E-state index in [0.717, 1.165) is 22.8 Å². The Labute approximate surface area is 198 Å². The van der Waals surface area contributed by atoms with Gasteiger partial charge in [0.15, 0.2) is 5.75 Å². The van der Waals surface area contributed by atoms with Crippen LogP contribution in [-0.4, -0.2) is 54.3 Å². The van der Waals surface area contributed by atoms with Crippen molar-refractivity contribution < 1.29 is 14.3 Å². The van der Waals surface area contributed by atoms with Gasteiger partial charge in [0.2, 0.25) is 0 Å². The Bertz CT molecular complexity index is 1230. The summed E-state index contributed by atoms with van der Waals surface area (Å²) < 4.78 is 11.6. The largest absolute Gasteiger partial charge is 0.497 e. The van der Waals surface area contributed by atoms with Crippen LogP contribution in [0.2, 0.25) is 5.02 Å². The number of benzene rings is 3. The van der Waals surface area contributed by atoms with Gasteiger partial charge in [-0.1, -0.05) is 23.7 Å². The molecule has 0 bridgehead atoms.